The number of halogens is 2. The van der Waals surface area contributed by atoms with Gasteiger partial charge in [-0.25, -0.2) is 4.39 Å². The van der Waals surface area contributed by atoms with E-state index in [1.165, 1.54) is 6.07 Å². The van der Waals surface area contributed by atoms with E-state index in [-0.39, 0.29) is 5.02 Å². The first kappa shape index (κ1) is 13.2. The van der Waals surface area contributed by atoms with E-state index in [1.807, 2.05) is 24.3 Å². The van der Waals surface area contributed by atoms with Crippen LogP contribution in [0.1, 0.15) is 0 Å². The zero-order valence-corrected chi connectivity index (χ0v) is 12.1. The van der Waals surface area contributed by atoms with E-state index in [9.17, 15) is 4.39 Å². The van der Waals surface area contributed by atoms with Crippen molar-refractivity contribution in [2.75, 3.05) is 0 Å². The fourth-order valence-electron chi connectivity index (χ4n) is 2.42. The van der Waals surface area contributed by atoms with Crippen LogP contribution in [0.4, 0.5) is 4.39 Å². The molecule has 1 aliphatic rings. The van der Waals surface area contributed by atoms with Crippen LogP contribution in [0.3, 0.4) is 0 Å². The quantitative estimate of drug-likeness (QED) is 0.426. The van der Waals surface area contributed by atoms with Gasteiger partial charge in [-0.05, 0) is 35.9 Å². The summed E-state index contributed by atoms with van der Waals surface area (Å²) in [6, 6.07) is 17.6. The highest BCUT2D eigenvalue weighted by Crippen LogP contribution is 2.46. The fourth-order valence-corrected chi connectivity index (χ4v) is 2.60. The minimum Gasteiger partial charge on any atom is -0.450 e. The van der Waals surface area contributed by atoms with Gasteiger partial charge >= 0.3 is 0 Å². The van der Waals surface area contributed by atoms with Crippen LogP contribution in [0.2, 0.25) is 5.02 Å². The van der Waals surface area contributed by atoms with Gasteiger partial charge in [-0.2, -0.15) is 0 Å². The number of rotatable bonds is 1. The lowest BCUT2D eigenvalue weighted by molar-refractivity contribution is 0.360. The van der Waals surface area contributed by atoms with Crippen LogP contribution in [0, 0.1) is 5.82 Å². The summed E-state index contributed by atoms with van der Waals surface area (Å²) < 4.78 is 25.8. The highest BCUT2D eigenvalue weighted by molar-refractivity contribution is 6.31. The van der Waals surface area contributed by atoms with Crippen LogP contribution in [0.5, 0.6) is 23.0 Å². The Labute approximate surface area is 131 Å². The highest BCUT2D eigenvalue weighted by atomic mass is 35.5. The molecule has 1 heterocycles. The van der Waals surface area contributed by atoms with Crippen molar-refractivity contribution in [2.45, 2.75) is 0 Å². The molecular weight excluding hydrogens is 303 g/mol. The summed E-state index contributed by atoms with van der Waals surface area (Å²) in [5.41, 5.74) is 1.11. The molecule has 0 fully saturated rings. The SMILES string of the molecule is Fc1c(Cl)cccc1-c1ccc2c(c1)Oc1ccccc1O2. The van der Waals surface area contributed by atoms with Crippen LogP contribution in [-0.2, 0) is 0 Å². The van der Waals surface area contributed by atoms with Crippen LogP contribution in [-0.4, -0.2) is 0 Å². The molecule has 0 N–H and O–H groups in total. The molecule has 0 aliphatic carbocycles. The maximum absolute atomic E-state index is 14.2. The molecule has 0 radical (unpaired) electrons. The minimum atomic E-state index is -0.443. The molecule has 3 aromatic carbocycles. The molecule has 0 bridgehead atoms. The topological polar surface area (TPSA) is 18.5 Å². The van der Waals surface area contributed by atoms with Gasteiger partial charge in [-0.3, -0.25) is 0 Å². The first-order chi connectivity index (χ1) is 10.7. The monoisotopic (exact) mass is 312 g/mol. The fraction of sp³-hybridized carbons (Fsp3) is 0. The number of para-hydroxylation sites is 2. The third-order valence-electron chi connectivity index (χ3n) is 3.50. The van der Waals surface area contributed by atoms with Crippen molar-refractivity contribution in [1.82, 2.24) is 0 Å². The lowest BCUT2D eigenvalue weighted by Crippen LogP contribution is -1.99. The normalized spacial score (nSPS) is 11.9. The van der Waals surface area contributed by atoms with E-state index in [4.69, 9.17) is 21.1 Å². The van der Waals surface area contributed by atoms with E-state index >= 15 is 0 Å². The Kier molecular flexibility index (Phi) is 3.01. The molecule has 22 heavy (non-hydrogen) atoms. The summed E-state index contributed by atoms with van der Waals surface area (Å²) in [5, 5.41) is 0.0951. The summed E-state index contributed by atoms with van der Waals surface area (Å²) in [7, 11) is 0. The second-order valence-electron chi connectivity index (χ2n) is 4.91. The van der Waals surface area contributed by atoms with Crippen molar-refractivity contribution >= 4 is 11.6 Å². The van der Waals surface area contributed by atoms with Gasteiger partial charge < -0.3 is 9.47 Å². The van der Waals surface area contributed by atoms with E-state index in [1.54, 1.807) is 30.3 Å². The van der Waals surface area contributed by atoms with E-state index < -0.39 is 5.82 Å². The summed E-state index contributed by atoms with van der Waals surface area (Å²) >= 11 is 5.84. The second kappa shape index (κ2) is 5.04. The van der Waals surface area contributed by atoms with Crippen molar-refractivity contribution in [3.8, 4) is 34.1 Å². The van der Waals surface area contributed by atoms with Crippen molar-refractivity contribution in [2.24, 2.45) is 0 Å². The zero-order chi connectivity index (χ0) is 15.1. The van der Waals surface area contributed by atoms with Crippen LogP contribution in [0.15, 0.2) is 60.7 Å². The molecule has 2 nitrogen and oxygen atoms in total. The van der Waals surface area contributed by atoms with Crippen molar-refractivity contribution in [3.63, 3.8) is 0 Å². The van der Waals surface area contributed by atoms with E-state index in [0.717, 1.165) is 0 Å². The predicted molar refractivity (Wildman–Crippen MR) is 83.4 cm³/mol. The minimum absolute atomic E-state index is 0.0951. The van der Waals surface area contributed by atoms with Gasteiger partial charge in [0.25, 0.3) is 0 Å². The molecule has 0 amide bonds. The average Bonchev–Trinajstić information content (AvgIpc) is 2.55. The Morgan fingerprint density at radius 3 is 2.18 bits per heavy atom. The number of hydrogen-bond acceptors (Lipinski definition) is 2. The Morgan fingerprint density at radius 2 is 1.41 bits per heavy atom. The lowest BCUT2D eigenvalue weighted by Gasteiger charge is -2.21. The van der Waals surface area contributed by atoms with Crippen LogP contribution < -0.4 is 9.47 Å². The predicted octanol–water partition coefficient (Wildman–Crippen LogP) is 6.04. The van der Waals surface area contributed by atoms with Crippen molar-refractivity contribution in [3.05, 3.63) is 71.5 Å². The number of ether oxygens (including phenoxy) is 2. The first-order valence-electron chi connectivity index (χ1n) is 6.75. The standard InChI is InChI=1S/C18H10ClFO2/c19-13-5-3-4-12(18(13)20)11-8-9-16-17(10-11)22-15-7-2-1-6-14(15)21-16/h1-10H. The average molecular weight is 313 g/mol. The largest absolute Gasteiger partial charge is 0.450 e. The number of benzene rings is 3. The smallest absolute Gasteiger partial charge is 0.170 e. The second-order valence-corrected chi connectivity index (χ2v) is 5.32. The third kappa shape index (κ3) is 2.11. The molecule has 1 aliphatic heterocycles. The van der Waals surface area contributed by atoms with Gasteiger partial charge in [0.15, 0.2) is 23.0 Å². The van der Waals surface area contributed by atoms with Crippen molar-refractivity contribution < 1.29 is 13.9 Å². The Bertz CT molecular complexity index is 877. The van der Waals surface area contributed by atoms with Gasteiger partial charge in [-0.15, -0.1) is 0 Å². The third-order valence-corrected chi connectivity index (χ3v) is 3.79. The molecule has 0 aromatic heterocycles. The summed E-state index contributed by atoms with van der Waals surface area (Å²) in [6.45, 7) is 0. The summed E-state index contributed by atoms with van der Waals surface area (Å²) in [6.07, 6.45) is 0. The van der Waals surface area contributed by atoms with E-state index in [2.05, 4.69) is 0 Å². The maximum atomic E-state index is 14.2. The summed E-state index contributed by atoms with van der Waals surface area (Å²) in [5.74, 6) is 2.01. The van der Waals surface area contributed by atoms with Crippen LogP contribution >= 0.6 is 11.6 Å². The molecular formula is C18H10ClFO2. The Morgan fingerprint density at radius 1 is 0.727 bits per heavy atom. The van der Waals surface area contributed by atoms with Gasteiger partial charge in [0, 0.05) is 5.56 Å². The van der Waals surface area contributed by atoms with Crippen molar-refractivity contribution in [1.29, 1.82) is 0 Å². The molecule has 0 atom stereocenters. The molecule has 4 heteroatoms. The molecule has 0 unspecified atom stereocenters. The first-order valence-corrected chi connectivity index (χ1v) is 7.13. The summed E-state index contributed by atoms with van der Waals surface area (Å²) in [4.78, 5) is 0. The van der Waals surface area contributed by atoms with E-state index in [0.29, 0.717) is 34.1 Å². The van der Waals surface area contributed by atoms with Gasteiger partial charge in [-0.1, -0.05) is 41.9 Å². The number of hydrogen-bond donors (Lipinski definition) is 0. The Balaban J connectivity index is 1.79. The molecule has 3 aromatic rings. The van der Waals surface area contributed by atoms with Gasteiger partial charge in [0.05, 0.1) is 5.02 Å². The van der Waals surface area contributed by atoms with Gasteiger partial charge in [0.2, 0.25) is 0 Å². The molecule has 4 rings (SSSR count). The number of fused-ring (bicyclic) bond motifs is 2. The molecule has 0 saturated heterocycles. The molecule has 0 saturated carbocycles. The maximum Gasteiger partial charge on any atom is 0.170 e. The highest BCUT2D eigenvalue weighted by Gasteiger charge is 2.19. The lowest BCUT2D eigenvalue weighted by atomic mass is 10.0. The molecule has 108 valence electrons. The Hall–Kier alpha value is -2.52. The molecule has 0 spiro atoms. The van der Waals surface area contributed by atoms with Crippen LogP contribution in [0.25, 0.3) is 11.1 Å². The van der Waals surface area contributed by atoms with Gasteiger partial charge in [0.1, 0.15) is 5.82 Å². The zero-order valence-electron chi connectivity index (χ0n) is 11.3.